The molecular weight excluding hydrogens is 429 g/mol. The molecule has 3 aliphatic rings. The van der Waals surface area contributed by atoms with E-state index >= 15 is 0 Å². The highest BCUT2D eigenvalue weighted by molar-refractivity contribution is 6.35. The molecule has 0 spiro atoms. The second kappa shape index (κ2) is 9.86. The molecule has 3 saturated heterocycles. The fourth-order valence-electron chi connectivity index (χ4n) is 4.58. The van der Waals surface area contributed by atoms with Gasteiger partial charge in [0.2, 0.25) is 11.8 Å². The van der Waals surface area contributed by atoms with E-state index in [0.717, 1.165) is 12.8 Å². The number of halogens is 1. The van der Waals surface area contributed by atoms with E-state index in [9.17, 15) is 23.6 Å². The van der Waals surface area contributed by atoms with E-state index in [1.807, 2.05) is 7.05 Å². The van der Waals surface area contributed by atoms with Crippen LogP contribution < -0.4 is 15.1 Å². The van der Waals surface area contributed by atoms with E-state index in [1.54, 1.807) is 11.0 Å². The van der Waals surface area contributed by atoms with Gasteiger partial charge < -0.3 is 24.9 Å². The van der Waals surface area contributed by atoms with Gasteiger partial charge in [0.15, 0.2) is 0 Å². The zero-order valence-corrected chi connectivity index (χ0v) is 18.9. The van der Waals surface area contributed by atoms with Crippen LogP contribution >= 0.6 is 0 Å². The summed E-state index contributed by atoms with van der Waals surface area (Å²) in [6, 6.07) is 3.55. The van der Waals surface area contributed by atoms with Crippen molar-refractivity contribution < 1.29 is 23.6 Å². The number of nitrogens with zero attached hydrogens (tertiary/aromatic N) is 4. The van der Waals surface area contributed by atoms with Gasteiger partial charge in [-0.3, -0.25) is 19.2 Å². The first-order valence-electron chi connectivity index (χ1n) is 11.5. The number of carbonyl (C=O) groups excluding carboxylic acids is 4. The van der Waals surface area contributed by atoms with Crippen LogP contribution in [-0.4, -0.2) is 85.8 Å². The number of hydrogen-bond acceptors (Lipinski definition) is 5. The third-order valence-electron chi connectivity index (χ3n) is 6.59. The molecule has 1 unspecified atom stereocenters. The molecule has 0 aliphatic carbocycles. The van der Waals surface area contributed by atoms with Crippen LogP contribution in [0.15, 0.2) is 18.2 Å². The number of rotatable bonds is 3. The quantitative estimate of drug-likeness (QED) is 0.673. The predicted octanol–water partition coefficient (Wildman–Crippen LogP) is 0.728. The van der Waals surface area contributed by atoms with E-state index in [1.165, 1.54) is 21.9 Å². The maximum Gasteiger partial charge on any atom is 0.311 e. The van der Waals surface area contributed by atoms with E-state index in [0.29, 0.717) is 64.2 Å². The van der Waals surface area contributed by atoms with Crippen molar-refractivity contribution in [2.24, 2.45) is 0 Å². The molecular formula is C23H30FN5O4. The Hall–Kier alpha value is -3.01. The molecule has 1 atom stereocenters. The molecule has 0 aromatic heterocycles. The molecule has 3 aliphatic heterocycles. The zero-order valence-electron chi connectivity index (χ0n) is 18.9. The van der Waals surface area contributed by atoms with Crippen LogP contribution in [0.1, 0.15) is 32.1 Å². The summed E-state index contributed by atoms with van der Waals surface area (Å²) in [4.78, 5) is 56.6. The van der Waals surface area contributed by atoms with Gasteiger partial charge in [0.1, 0.15) is 11.9 Å². The summed E-state index contributed by atoms with van der Waals surface area (Å²) in [6.07, 6.45) is 3.10. The van der Waals surface area contributed by atoms with Gasteiger partial charge in [0, 0.05) is 51.4 Å². The highest BCUT2D eigenvalue weighted by Gasteiger charge is 2.35. The number of nitrogens with one attached hydrogen (secondary N) is 1. The van der Waals surface area contributed by atoms with Crippen molar-refractivity contribution in [2.45, 2.75) is 38.1 Å². The van der Waals surface area contributed by atoms with Crippen LogP contribution in [0.4, 0.5) is 15.8 Å². The Morgan fingerprint density at radius 1 is 0.970 bits per heavy atom. The van der Waals surface area contributed by atoms with Crippen LogP contribution in [0.5, 0.6) is 0 Å². The lowest BCUT2D eigenvalue weighted by molar-refractivity contribution is -0.147. The Balaban J connectivity index is 1.42. The molecule has 4 rings (SSSR count). The molecule has 1 aromatic rings. The van der Waals surface area contributed by atoms with Crippen LogP contribution in [0, 0.1) is 5.82 Å². The lowest BCUT2D eigenvalue weighted by atomic mass is 10.0. The molecule has 0 bridgehead atoms. The highest BCUT2D eigenvalue weighted by Crippen LogP contribution is 2.29. The third kappa shape index (κ3) is 5.00. The van der Waals surface area contributed by atoms with Gasteiger partial charge in [0.05, 0.1) is 5.69 Å². The average Bonchev–Trinajstić information content (AvgIpc) is 2.81. The number of likely N-dealkylation sites (N-methyl/N-ethyl adjacent to an activating group) is 1. The Kier molecular flexibility index (Phi) is 6.92. The van der Waals surface area contributed by atoms with Gasteiger partial charge in [-0.25, -0.2) is 4.39 Å². The number of carbonyl (C=O) groups is 4. The van der Waals surface area contributed by atoms with E-state index in [2.05, 4.69) is 10.2 Å². The Morgan fingerprint density at radius 3 is 2.39 bits per heavy atom. The van der Waals surface area contributed by atoms with Crippen LogP contribution in [0.3, 0.4) is 0 Å². The Morgan fingerprint density at radius 2 is 1.70 bits per heavy atom. The topological polar surface area (TPSA) is 93.3 Å². The molecule has 0 radical (unpaired) electrons. The minimum Gasteiger partial charge on any atom is -0.336 e. The van der Waals surface area contributed by atoms with Crippen molar-refractivity contribution in [3.63, 3.8) is 0 Å². The minimum absolute atomic E-state index is 0.0322. The van der Waals surface area contributed by atoms with Crippen molar-refractivity contribution in [1.82, 2.24) is 15.1 Å². The fraction of sp³-hybridized carbons (Fsp3) is 0.565. The van der Waals surface area contributed by atoms with E-state index in [4.69, 9.17) is 0 Å². The molecule has 33 heavy (non-hydrogen) atoms. The van der Waals surface area contributed by atoms with Crippen LogP contribution in [-0.2, 0) is 19.2 Å². The van der Waals surface area contributed by atoms with Gasteiger partial charge in [-0.05, 0) is 50.9 Å². The summed E-state index contributed by atoms with van der Waals surface area (Å²) in [5.41, 5.74) is 0.589. The molecule has 3 fully saturated rings. The van der Waals surface area contributed by atoms with Gasteiger partial charge in [-0.15, -0.1) is 0 Å². The number of piperidine rings is 2. The number of benzene rings is 1. The lowest BCUT2D eigenvalue weighted by Gasteiger charge is -2.34. The maximum absolute atomic E-state index is 15.0. The molecule has 4 amide bonds. The molecule has 0 saturated carbocycles. The fourth-order valence-corrected chi connectivity index (χ4v) is 4.58. The SMILES string of the molecule is CN1CCN(C(=O)C(=O)NC2CCCN(c3ccc(N4CCCCC4=O)cc3F)C2=O)CC1. The molecule has 1 aromatic carbocycles. The van der Waals surface area contributed by atoms with Gasteiger partial charge in [-0.1, -0.05) is 0 Å². The first-order valence-corrected chi connectivity index (χ1v) is 11.5. The smallest absolute Gasteiger partial charge is 0.311 e. The first kappa shape index (κ1) is 23.2. The monoisotopic (exact) mass is 459 g/mol. The second-order valence-electron chi connectivity index (χ2n) is 8.89. The van der Waals surface area contributed by atoms with Crippen molar-refractivity contribution in [3.8, 4) is 0 Å². The standard InChI is InChI=1S/C23H30FN5O4/c1-26-11-13-27(14-12-26)23(33)21(31)25-18-5-4-10-29(22(18)32)19-8-7-16(15-17(19)24)28-9-3-2-6-20(28)30/h7-8,15,18H,2-6,9-14H2,1H3,(H,25,31). The lowest BCUT2D eigenvalue weighted by Crippen LogP contribution is -2.57. The van der Waals surface area contributed by atoms with Gasteiger partial charge >= 0.3 is 11.8 Å². The van der Waals surface area contributed by atoms with Gasteiger partial charge in [0.25, 0.3) is 0 Å². The third-order valence-corrected chi connectivity index (χ3v) is 6.59. The predicted molar refractivity (Wildman–Crippen MR) is 120 cm³/mol. The van der Waals surface area contributed by atoms with Gasteiger partial charge in [-0.2, -0.15) is 0 Å². The second-order valence-corrected chi connectivity index (χ2v) is 8.89. The molecule has 3 heterocycles. The van der Waals surface area contributed by atoms with Crippen LogP contribution in [0.25, 0.3) is 0 Å². The van der Waals surface area contributed by atoms with E-state index < -0.39 is 29.6 Å². The minimum atomic E-state index is -0.884. The highest BCUT2D eigenvalue weighted by atomic mass is 19.1. The maximum atomic E-state index is 15.0. The first-order chi connectivity index (χ1) is 15.8. The molecule has 9 nitrogen and oxygen atoms in total. The number of piperazine rings is 1. The summed E-state index contributed by atoms with van der Waals surface area (Å²) >= 11 is 0. The largest absolute Gasteiger partial charge is 0.336 e. The number of hydrogen-bond donors (Lipinski definition) is 1. The Bertz CT molecular complexity index is 947. The molecule has 10 heteroatoms. The van der Waals surface area contributed by atoms with Crippen molar-refractivity contribution >= 4 is 35.0 Å². The van der Waals surface area contributed by atoms with Crippen molar-refractivity contribution in [3.05, 3.63) is 24.0 Å². The summed E-state index contributed by atoms with van der Waals surface area (Å²) < 4.78 is 15.0. The summed E-state index contributed by atoms with van der Waals surface area (Å²) in [5.74, 6) is -2.52. The zero-order chi connectivity index (χ0) is 23.5. The van der Waals surface area contributed by atoms with E-state index in [-0.39, 0.29) is 11.6 Å². The number of anilines is 2. The summed E-state index contributed by atoms with van der Waals surface area (Å²) in [5, 5.41) is 2.55. The van der Waals surface area contributed by atoms with Crippen LogP contribution in [0.2, 0.25) is 0 Å². The number of amides is 4. The summed E-state index contributed by atoms with van der Waals surface area (Å²) in [6.45, 7) is 3.17. The molecule has 1 N–H and O–H groups in total. The normalized spacial score (nSPS) is 22.5. The Labute approximate surface area is 192 Å². The summed E-state index contributed by atoms with van der Waals surface area (Å²) in [7, 11) is 1.95. The van der Waals surface area contributed by atoms with Crippen molar-refractivity contribution in [2.75, 3.05) is 56.1 Å². The average molecular weight is 460 g/mol. The van der Waals surface area contributed by atoms with Crippen molar-refractivity contribution in [1.29, 1.82) is 0 Å². The molecule has 178 valence electrons.